The summed E-state index contributed by atoms with van der Waals surface area (Å²) in [5.74, 6) is -0.398. The molecule has 3 N–H and O–H groups in total. The van der Waals surface area contributed by atoms with Crippen molar-refractivity contribution in [3.05, 3.63) is 12.2 Å². The summed E-state index contributed by atoms with van der Waals surface area (Å²) in [5.41, 5.74) is -1.07. The maximum absolute atomic E-state index is 13.2. The van der Waals surface area contributed by atoms with E-state index in [0.717, 1.165) is 32.1 Å². The van der Waals surface area contributed by atoms with Crippen molar-refractivity contribution in [3.63, 3.8) is 0 Å². The van der Waals surface area contributed by atoms with Crippen molar-refractivity contribution in [3.8, 4) is 0 Å². The number of ketones is 1. The molecule has 4 aliphatic rings. The van der Waals surface area contributed by atoms with Crippen LogP contribution in [0.2, 0.25) is 0 Å². The van der Waals surface area contributed by atoms with Gasteiger partial charge in [0.2, 0.25) is 0 Å². The van der Waals surface area contributed by atoms with E-state index in [1.54, 1.807) is 0 Å². The van der Waals surface area contributed by atoms with Gasteiger partial charge in [0, 0.05) is 11.3 Å². The molecule has 0 aromatic rings. The van der Waals surface area contributed by atoms with E-state index in [1.165, 1.54) is 0 Å². The van der Waals surface area contributed by atoms with Gasteiger partial charge in [0.1, 0.15) is 0 Å². The normalized spacial score (nSPS) is 58.0. The molecule has 4 saturated carbocycles. The lowest BCUT2D eigenvalue weighted by atomic mass is 9.38. The van der Waals surface area contributed by atoms with E-state index < -0.39 is 29.1 Å². The van der Waals surface area contributed by atoms with E-state index >= 15 is 0 Å². The van der Waals surface area contributed by atoms with Crippen LogP contribution in [-0.2, 0) is 4.79 Å². The van der Waals surface area contributed by atoms with Gasteiger partial charge in [-0.2, -0.15) is 0 Å². The highest BCUT2D eigenvalue weighted by molar-refractivity contribution is 6.04. The molecular formula is C21H32O4. The number of aliphatic hydroxyl groups excluding tert-OH is 3. The van der Waals surface area contributed by atoms with Gasteiger partial charge in [-0.25, -0.2) is 0 Å². The fraction of sp³-hybridized carbons (Fsp3) is 0.857. The van der Waals surface area contributed by atoms with Crippen molar-refractivity contribution in [2.24, 2.45) is 34.0 Å². The molecule has 4 rings (SSSR count). The molecule has 0 radical (unpaired) electrons. The lowest BCUT2D eigenvalue weighted by Gasteiger charge is -2.66. The van der Waals surface area contributed by atoms with Gasteiger partial charge in [-0.1, -0.05) is 33.8 Å². The summed E-state index contributed by atoms with van der Waals surface area (Å²) >= 11 is 0. The summed E-state index contributed by atoms with van der Waals surface area (Å²) in [5, 5.41) is 33.3. The molecule has 4 nitrogen and oxygen atoms in total. The van der Waals surface area contributed by atoms with Crippen molar-refractivity contribution in [1.82, 2.24) is 0 Å². The van der Waals surface area contributed by atoms with Crippen molar-refractivity contribution >= 4 is 5.78 Å². The van der Waals surface area contributed by atoms with Gasteiger partial charge in [-0.05, 0) is 54.9 Å². The fourth-order valence-corrected chi connectivity index (χ4v) is 7.58. The zero-order chi connectivity index (χ0) is 18.4. The average Bonchev–Trinajstić information content (AvgIpc) is 2.70. The highest BCUT2D eigenvalue weighted by Gasteiger charge is 2.75. The first-order chi connectivity index (χ1) is 11.7. The first kappa shape index (κ1) is 17.7. The third kappa shape index (κ3) is 1.77. The van der Waals surface area contributed by atoms with E-state index in [2.05, 4.69) is 27.4 Å². The van der Waals surface area contributed by atoms with Crippen LogP contribution in [0.15, 0.2) is 12.2 Å². The van der Waals surface area contributed by atoms with Gasteiger partial charge in [0.05, 0.1) is 23.7 Å². The smallest absolute Gasteiger partial charge is 0.170 e. The molecule has 4 aliphatic carbocycles. The molecule has 9 atom stereocenters. The quantitative estimate of drug-likeness (QED) is 0.636. The summed E-state index contributed by atoms with van der Waals surface area (Å²) in [4.78, 5) is 13.2. The fourth-order valence-electron chi connectivity index (χ4n) is 7.58. The zero-order valence-corrected chi connectivity index (χ0v) is 15.7. The summed E-state index contributed by atoms with van der Waals surface area (Å²) < 4.78 is 0. The van der Waals surface area contributed by atoms with Gasteiger partial charge in [-0.3, -0.25) is 4.79 Å². The lowest BCUT2D eigenvalue weighted by molar-refractivity contribution is -0.253. The molecule has 0 aromatic heterocycles. The average molecular weight is 348 g/mol. The number of fused-ring (bicyclic) bond motifs is 3. The third-order valence-electron chi connectivity index (χ3n) is 9.21. The van der Waals surface area contributed by atoms with Crippen LogP contribution in [0.3, 0.4) is 0 Å². The minimum atomic E-state index is -1.15. The Morgan fingerprint density at radius 2 is 1.76 bits per heavy atom. The Balaban J connectivity index is 1.90. The number of aliphatic hydroxyl groups is 3. The van der Waals surface area contributed by atoms with Gasteiger partial charge < -0.3 is 15.3 Å². The highest BCUT2D eigenvalue weighted by Crippen LogP contribution is 2.71. The van der Waals surface area contributed by atoms with E-state index in [-0.39, 0.29) is 29.0 Å². The second-order valence-electron chi connectivity index (χ2n) is 9.70. The number of carbonyl (C=O) groups is 1. The SMILES string of the molecule is C=C1C(=O)[C@@]23[C@H](O)C[C@@H]4[C@@](C)(CC)CC[C@H](O)[C@@]4(C)[C@@H]2CC[C@@H]1[C@H]3O. The molecule has 0 amide bonds. The van der Waals surface area contributed by atoms with Crippen molar-refractivity contribution in [2.45, 2.75) is 77.6 Å². The maximum atomic E-state index is 13.2. The topological polar surface area (TPSA) is 77.8 Å². The van der Waals surface area contributed by atoms with Gasteiger partial charge >= 0.3 is 0 Å². The summed E-state index contributed by atoms with van der Waals surface area (Å²) in [7, 11) is 0. The van der Waals surface area contributed by atoms with E-state index in [1.807, 2.05) is 0 Å². The molecule has 0 aliphatic heterocycles. The van der Waals surface area contributed by atoms with Crippen LogP contribution >= 0.6 is 0 Å². The Morgan fingerprint density at radius 3 is 2.40 bits per heavy atom. The number of rotatable bonds is 1. The van der Waals surface area contributed by atoms with Gasteiger partial charge in [0.15, 0.2) is 5.78 Å². The Labute approximate surface area is 150 Å². The first-order valence-electron chi connectivity index (χ1n) is 9.93. The molecule has 0 unspecified atom stereocenters. The first-order valence-corrected chi connectivity index (χ1v) is 9.93. The Kier molecular flexibility index (Phi) is 3.66. The zero-order valence-electron chi connectivity index (χ0n) is 15.7. The van der Waals surface area contributed by atoms with E-state index in [9.17, 15) is 20.1 Å². The van der Waals surface area contributed by atoms with Crippen LogP contribution in [0.4, 0.5) is 0 Å². The largest absolute Gasteiger partial charge is 0.393 e. The van der Waals surface area contributed by atoms with Crippen LogP contribution < -0.4 is 0 Å². The van der Waals surface area contributed by atoms with Crippen LogP contribution in [0, 0.1) is 34.0 Å². The monoisotopic (exact) mass is 348 g/mol. The minimum Gasteiger partial charge on any atom is -0.393 e. The van der Waals surface area contributed by atoms with Gasteiger partial charge in [-0.15, -0.1) is 0 Å². The molecule has 1 spiro atoms. The molecule has 0 heterocycles. The maximum Gasteiger partial charge on any atom is 0.170 e. The third-order valence-corrected chi connectivity index (χ3v) is 9.21. The second kappa shape index (κ2) is 5.17. The predicted octanol–water partition coefficient (Wildman–Crippen LogP) is 2.46. The number of Topliss-reactive ketones (excluding diaryl/α,β-unsaturated/α-hetero) is 1. The molecule has 0 saturated heterocycles. The Bertz CT molecular complexity index is 629. The number of hydrogen-bond acceptors (Lipinski definition) is 4. The van der Waals surface area contributed by atoms with Gasteiger partial charge in [0.25, 0.3) is 0 Å². The summed E-state index contributed by atoms with van der Waals surface area (Å²) in [6.45, 7) is 10.5. The van der Waals surface area contributed by atoms with Crippen molar-refractivity contribution in [2.75, 3.05) is 0 Å². The van der Waals surface area contributed by atoms with Crippen LogP contribution in [0.25, 0.3) is 0 Å². The van der Waals surface area contributed by atoms with Crippen molar-refractivity contribution in [1.29, 1.82) is 0 Å². The molecule has 0 aromatic carbocycles. The minimum absolute atomic E-state index is 0.0526. The lowest BCUT2D eigenvalue weighted by Crippen LogP contribution is -2.70. The predicted molar refractivity (Wildman–Crippen MR) is 94.7 cm³/mol. The number of hydrogen-bond donors (Lipinski definition) is 3. The second-order valence-corrected chi connectivity index (χ2v) is 9.70. The Hall–Kier alpha value is -0.710. The van der Waals surface area contributed by atoms with Crippen LogP contribution in [0.5, 0.6) is 0 Å². The molecule has 4 fully saturated rings. The molecule has 25 heavy (non-hydrogen) atoms. The number of carbonyl (C=O) groups excluding carboxylic acids is 1. The van der Waals surface area contributed by atoms with Crippen LogP contribution in [0.1, 0.15) is 59.3 Å². The molecule has 140 valence electrons. The molecule has 4 heteroatoms. The highest BCUT2D eigenvalue weighted by atomic mass is 16.3. The summed E-state index contributed by atoms with van der Waals surface area (Å²) in [6.07, 6.45) is 2.46. The molecule has 2 bridgehead atoms. The van der Waals surface area contributed by atoms with E-state index in [4.69, 9.17) is 0 Å². The Morgan fingerprint density at radius 1 is 1.08 bits per heavy atom. The standard InChI is InChI=1S/C21H32O4/c1-5-19(3)9-8-15(22)20(4)13-7-6-12-11(2)17(24)21(13,18(12)25)16(23)10-14(19)20/h12-16,18,22-23,25H,2,5-10H2,1,3-4H3/t12-,13-,14+,15-,16+,18+,19-,20-,21-/m0/s1. The van der Waals surface area contributed by atoms with Crippen molar-refractivity contribution < 1.29 is 20.1 Å². The van der Waals surface area contributed by atoms with Crippen LogP contribution in [-0.4, -0.2) is 39.4 Å². The van der Waals surface area contributed by atoms with E-state index in [0.29, 0.717) is 12.0 Å². The molecular weight excluding hydrogens is 316 g/mol. The summed E-state index contributed by atoms with van der Waals surface area (Å²) in [6, 6.07) is 0.